The molecule has 34 heavy (non-hydrogen) atoms. The highest BCUT2D eigenvalue weighted by molar-refractivity contribution is 5.92. The molecule has 2 aromatic carbocycles. The molecular formula is C26H31FN4O3. The first-order chi connectivity index (χ1) is 16.3. The van der Waals surface area contributed by atoms with Crippen molar-refractivity contribution in [3.63, 3.8) is 0 Å². The molecule has 1 saturated heterocycles. The van der Waals surface area contributed by atoms with E-state index in [9.17, 15) is 14.3 Å². The van der Waals surface area contributed by atoms with Crippen molar-refractivity contribution in [2.45, 2.75) is 33.3 Å². The second-order valence-corrected chi connectivity index (χ2v) is 9.19. The number of anilines is 1. The number of benzene rings is 2. The number of piperazine rings is 1. The van der Waals surface area contributed by atoms with Crippen molar-refractivity contribution < 1.29 is 19.0 Å². The van der Waals surface area contributed by atoms with E-state index >= 15 is 0 Å². The molecule has 3 aromatic rings. The van der Waals surface area contributed by atoms with Crippen LogP contribution in [0.5, 0.6) is 5.75 Å². The average molecular weight is 467 g/mol. The van der Waals surface area contributed by atoms with Gasteiger partial charge < -0.3 is 19.6 Å². The maximum absolute atomic E-state index is 14.1. The van der Waals surface area contributed by atoms with Crippen LogP contribution >= 0.6 is 0 Å². The number of aromatic nitrogens is 2. The van der Waals surface area contributed by atoms with E-state index in [0.717, 1.165) is 22.3 Å². The van der Waals surface area contributed by atoms with Gasteiger partial charge in [0.1, 0.15) is 23.5 Å². The fraction of sp³-hybridized carbons (Fsp3) is 0.423. The smallest absolute Gasteiger partial charge is 0.251 e. The lowest BCUT2D eigenvalue weighted by atomic mass is 10.0. The summed E-state index contributed by atoms with van der Waals surface area (Å²) in [6.45, 7) is 8.09. The first-order valence-corrected chi connectivity index (χ1v) is 11.6. The van der Waals surface area contributed by atoms with Crippen molar-refractivity contribution in [1.29, 1.82) is 0 Å². The minimum absolute atomic E-state index is 0.221. The second-order valence-electron chi connectivity index (χ2n) is 9.19. The molecule has 1 fully saturated rings. The number of halogens is 1. The van der Waals surface area contributed by atoms with E-state index in [1.807, 2.05) is 39.0 Å². The molecule has 7 nitrogen and oxygen atoms in total. The summed E-state index contributed by atoms with van der Waals surface area (Å²) in [5, 5.41) is 11.1. The van der Waals surface area contributed by atoms with Crippen LogP contribution < -0.4 is 9.64 Å². The topological polar surface area (TPSA) is 78.8 Å². The van der Waals surface area contributed by atoms with Crippen LogP contribution in [-0.2, 0) is 4.79 Å². The number of carbonyl (C=O) groups is 1. The van der Waals surface area contributed by atoms with E-state index in [0.29, 0.717) is 49.7 Å². The molecule has 0 bridgehead atoms. The zero-order chi connectivity index (χ0) is 24.4. The Morgan fingerprint density at radius 3 is 2.53 bits per heavy atom. The van der Waals surface area contributed by atoms with Crippen LogP contribution in [0.25, 0.3) is 22.3 Å². The van der Waals surface area contributed by atoms with Crippen molar-refractivity contribution in [3.8, 4) is 17.1 Å². The Hall–Kier alpha value is -3.26. The molecule has 180 valence electrons. The normalized spacial score (nSPS) is 15.1. The van der Waals surface area contributed by atoms with Gasteiger partial charge in [-0.3, -0.25) is 4.79 Å². The highest BCUT2D eigenvalue weighted by Crippen LogP contribution is 2.33. The van der Waals surface area contributed by atoms with Crippen molar-refractivity contribution in [1.82, 2.24) is 14.9 Å². The second kappa shape index (κ2) is 9.93. The molecule has 1 aliphatic heterocycles. The third-order valence-electron chi connectivity index (χ3n) is 6.11. The SMILES string of the molecule is COc1ccc(F)cc1-c1nc(N2CCN(C(=O)C(O)CC(C)C)CC2)c2ccc(C)cc2n1. The first kappa shape index (κ1) is 23.9. The molecule has 1 aliphatic rings. The van der Waals surface area contributed by atoms with Gasteiger partial charge in [0, 0.05) is 31.6 Å². The number of ether oxygens (including phenoxy) is 1. The number of hydrogen-bond donors (Lipinski definition) is 1. The molecule has 0 saturated carbocycles. The quantitative estimate of drug-likeness (QED) is 0.595. The highest BCUT2D eigenvalue weighted by atomic mass is 19.1. The monoisotopic (exact) mass is 466 g/mol. The van der Waals surface area contributed by atoms with Gasteiger partial charge in [-0.2, -0.15) is 0 Å². The van der Waals surface area contributed by atoms with Crippen LogP contribution in [0.15, 0.2) is 36.4 Å². The zero-order valence-electron chi connectivity index (χ0n) is 20.1. The standard InChI is InChI=1S/C26H31FN4O3/c1-16(2)13-22(32)26(33)31-11-9-30(10-12-31)25-19-7-5-17(3)14-21(19)28-24(29-25)20-15-18(27)6-8-23(20)34-4/h5-8,14-16,22,32H,9-13H2,1-4H3. The van der Waals surface area contributed by atoms with Crippen molar-refractivity contribution in [2.24, 2.45) is 5.92 Å². The number of rotatable bonds is 6. The molecule has 4 rings (SSSR count). The molecule has 1 atom stereocenters. The van der Waals surface area contributed by atoms with Gasteiger partial charge in [0.15, 0.2) is 5.82 Å². The third-order valence-corrected chi connectivity index (χ3v) is 6.11. The van der Waals surface area contributed by atoms with Gasteiger partial charge in [0.25, 0.3) is 5.91 Å². The number of fused-ring (bicyclic) bond motifs is 1. The zero-order valence-corrected chi connectivity index (χ0v) is 20.1. The fourth-order valence-electron chi connectivity index (χ4n) is 4.34. The van der Waals surface area contributed by atoms with E-state index in [2.05, 4.69) is 4.90 Å². The van der Waals surface area contributed by atoms with E-state index in [-0.39, 0.29) is 11.8 Å². The summed E-state index contributed by atoms with van der Waals surface area (Å²) in [6.07, 6.45) is -0.519. The number of methoxy groups -OCH3 is 1. The molecule has 1 amide bonds. The number of hydrogen-bond acceptors (Lipinski definition) is 6. The van der Waals surface area contributed by atoms with Crippen LogP contribution in [-0.4, -0.2) is 65.3 Å². The Morgan fingerprint density at radius 2 is 1.85 bits per heavy atom. The molecule has 1 N–H and O–H groups in total. The summed E-state index contributed by atoms with van der Waals surface area (Å²) < 4.78 is 19.5. The molecule has 0 spiro atoms. The van der Waals surface area contributed by atoms with Crippen molar-refractivity contribution >= 4 is 22.6 Å². The maximum atomic E-state index is 14.1. The number of carbonyl (C=O) groups excluding carboxylic acids is 1. The van der Waals surface area contributed by atoms with Crippen LogP contribution in [0.3, 0.4) is 0 Å². The number of aryl methyl sites for hydroxylation is 1. The molecule has 0 radical (unpaired) electrons. The lowest BCUT2D eigenvalue weighted by molar-refractivity contribution is -0.141. The minimum atomic E-state index is -0.971. The van der Waals surface area contributed by atoms with Crippen molar-refractivity contribution in [3.05, 3.63) is 47.8 Å². The van der Waals surface area contributed by atoms with Gasteiger partial charge in [0.2, 0.25) is 0 Å². The van der Waals surface area contributed by atoms with Gasteiger partial charge in [0.05, 0.1) is 18.2 Å². The predicted octanol–water partition coefficient (Wildman–Crippen LogP) is 3.81. The molecule has 8 heteroatoms. The Kier molecular flexibility index (Phi) is 6.97. The summed E-state index contributed by atoms with van der Waals surface area (Å²) in [5.41, 5.74) is 2.30. The molecule has 2 heterocycles. The number of amides is 1. The maximum Gasteiger partial charge on any atom is 0.251 e. The largest absolute Gasteiger partial charge is 0.496 e. The number of aliphatic hydroxyl groups is 1. The van der Waals surface area contributed by atoms with E-state index < -0.39 is 11.9 Å². The van der Waals surface area contributed by atoms with Crippen LogP contribution in [0.2, 0.25) is 0 Å². The highest BCUT2D eigenvalue weighted by Gasteiger charge is 2.28. The van der Waals surface area contributed by atoms with E-state index in [1.54, 1.807) is 11.0 Å². The fourth-order valence-corrected chi connectivity index (χ4v) is 4.34. The Labute approximate surface area is 199 Å². The summed E-state index contributed by atoms with van der Waals surface area (Å²) in [7, 11) is 1.53. The first-order valence-electron chi connectivity index (χ1n) is 11.6. The summed E-state index contributed by atoms with van der Waals surface area (Å²) in [5.74, 6) is 1.25. The van der Waals surface area contributed by atoms with Crippen LogP contribution in [0, 0.1) is 18.7 Å². The van der Waals surface area contributed by atoms with Gasteiger partial charge in [-0.05, 0) is 55.2 Å². The Morgan fingerprint density at radius 1 is 1.12 bits per heavy atom. The van der Waals surface area contributed by atoms with Gasteiger partial charge in [-0.25, -0.2) is 14.4 Å². The molecular weight excluding hydrogens is 435 g/mol. The molecule has 1 unspecified atom stereocenters. The molecule has 1 aromatic heterocycles. The predicted molar refractivity (Wildman–Crippen MR) is 130 cm³/mol. The lowest BCUT2D eigenvalue weighted by Gasteiger charge is -2.37. The summed E-state index contributed by atoms with van der Waals surface area (Å²) in [4.78, 5) is 26.0. The Bertz CT molecular complexity index is 1190. The Balaban J connectivity index is 1.67. The lowest BCUT2D eigenvalue weighted by Crippen LogP contribution is -2.52. The number of nitrogens with zero attached hydrogens (tertiary/aromatic N) is 4. The number of aliphatic hydroxyl groups excluding tert-OH is 1. The van der Waals surface area contributed by atoms with Gasteiger partial charge in [-0.1, -0.05) is 19.9 Å². The summed E-state index contributed by atoms with van der Waals surface area (Å²) in [6, 6.07) is 10.3. The summed E-state index contributed by atoms with van der Waals surface area (Å²) >= 11 is 0. The van der Waals surface area contributed by atoms with Gasteiger partial charge in [-0.15, -0.1) is 0 Å². The van der Waals surface area contributed by atoms with Crippen LogP contribution in [0.4, 0.5) is 10.2 Å². The van der Waals surface area contributed by atoms with E-state index in [1.165, 1.54) is 19.2 Å². The van der Waals surface area contributed by atoms with E-state index in [4.69, 9.17) is 14.7 Å². The third kappa shape index (κ3) is 4.97. The van der Waals surface area contributed by atoms with Crippen molar-refractivity contribution in [2.75, 3.05) is 38.2 Å². The van der Waals surface area contributed by atoms with Crippen LogP contribution in [0.1, 0.15) is 25.8 Å². The average Bonchev–Trinajstić information content (AvgIpc) is 2.82. The minimum Gasteiger partial charge on any atom is -0.496 e. The molecule has 0 aliphatic carbocycles. The van der Waals surface area contributed by atoms with Gasteiger partial charge >= 0.3 is 0 Å².